The summed E-state index contributed by atoms with van der Waals surface area (Å²) in [6.45, 7) is 7.44. The lowest BCUT2D eigenvalue weighted by molar-refractivity contribution is 0.0951. The molecule has 1 N–H and O–H groups in total. The molecule has 22 heavy (non-hydrogen) atoms. The van der Waals surface area contributed by atoms with Crippen molar-refractivity contribution in [3.63, 3.8) is 0 Å². The van der Waals surface area contributed by atoms with Crippen LogP contribution in [0.5, 0.6) is 0 Å². The van der Waals surface area contributed by atoms with Gasteiger partial charge in [-0.15, -0.1) is 0 Å². The van der Waals surface area contributed by atoms with Gasteiger partial charge >= 0.3 is 0 Å². The van der Waals surface area contributed by atoms with Crippen LogP contribution in [0.15, 0.2) is 30.3 Å². The minimum absolute atomic E-state index is 0.00888. The second kappa shape index (κ2) is 7.78. The predicted octanol–water partition coefficient (Wildman–Crippen LogP) is 3.47. The zero-order valence-electron chi connectivity index (χ0n) is 13.7. The molecule has 0 aliphatic carbocycles. The van der Waals surface area contributed by atoms with E-state index in [9.17, 15) is 4.79 Å². The van der Waals surface area contributed by atoms with Crippen LogP contribution in [0.3, 0.4) is 0 Å². The SMILES string of the molecule is CCCCCNC(=O)c1c(C)nn(Cc2ccccc2)c1C. The summed E-state index contributed by atoms with van der Waals surface area (Å²) in [5.41, 5.74) is 3.62. The number of aromatic nitrogens is 2. The van der Waals surface area contributed by atoms with Crippen LogP contribution in [0.1, 0.15) is 53.5 Å². The summed E-state index contributed by atoms with van der Waals surface area (Å²) in [5.74, 6) is -0.00888. The molecule has 2 rings (SSSR count). The van der Waals surface area contributed by atoms with Gasteiger partial charge < -0.3 is 5.32 Å². The van der Waals surface area contributed by atoms with Crippen molar-refractivity contribution in [3.05, 3.63) is 52.8 Å². The molecule has 1 aromatic carbocycles. The van der Waals surface area contributed by atoms with E-state index >= 15 is 0 Å². The minimum atomic E-state index is -0.00888. The van der Waals surface area contributed by atoms with E-state index in [1.165, 1.54) is 5.56 Å². The molecule has 4 heteroatoms. The highest BCUT2D eigenvalue weighted by molar-refractivity contribution is 5.96. The van der Waals surface area contributed by atoms with Crippen LogP contribution in [0.25, 0.3) is 0 Å². The van der Waals surface area contributed by atoms with Crippen LogP contribution in [-0.4, -0.2) is 22.2 Å². The van der Waals surface area contributed by atoms with Gasteiger partial charge in [-0.25, -0.2) is 0 Å². The van der Waals surface area contributed by atoms with Gasteiger partial charge in [0.05, 0.1) is 17.8 Å². The maximum Gasteiger partial charge on any atom is 0.255 e. The number of hydrogen-bond acceptors (Lipinski definition) is 2. The summed E-state index contributed by atoms with van der Waals surface area (Å²) < 4.78 is 1.91. The molecule has 0 atom stereocenters. The van der Waals surface area contributed by atoms with E-state index in [1.807, 2.05) is 36.7 Å². The molecule has 0 unspecified atom stereocenters. The molecule has 0 bridgehead atoms. The standard InChI is InChI=1S/C18H25N3O/c1-4-5-9-12-19-18(22)17-14(2)20-21(15(17)3)13-16-10-7-6-8-11-16/h6-8,10-11H,4-5,9,12-13H2,1-3H3,(H,19,22). The topological polar surface area (TPSA) is 46.9 Å². The van der Waals surface area contributed by atoms with Gasteiger partial charge in [0, 0.05) is 12.2 Å². The first-order chi connectivity index (χ1) is 10.6. The maximum atomic E-state index is 12.4. The summed E-state index contributed by atoms with van der Waals surface area (Å²) in [5, 5.41) is 7.53. The Hall–Kier alpha value is -2.10. The van der Waals surface area contributed by atoms with Crippen molar-refractivity contribution >= 4 is 5.91 Å². The van der Waals surface area contributed by atoms with E-state index in [2.05, 4.69) is 29.5 Å². The van der Waals surface area contributed by atoms with Gasteiger partial charge in [0.1, 0.15) is 0 Å². The Kier molecular flexibility index (Phi) is 5.75. The Balaban J connectivity index is 2.08. The first-order valence-corrected chi connectivity index (χ1v) is 7.99. The number of nitrogens with zero attached hydrogens (tertiary/aromatic N) is 2. The third kappa shape index (κ3) is 3.97. The van der Waals surface area contributed by atoms with Gasteiger partial charge in [-0.1, -0.05) is 50.1 Å². The smallest absolute Gasteiger partial charge is 0.255 e. The summed E-state index contributed by atoms with van der Waals surface area (Å²) in [6, 6.07) is 10.2. The number of nitrogens with one attached hydrogen (secondary N) is 1. The molecule has 0 radical (unpaired) electrons. The van der Waals surface area contributed by atoms with Crippen molar-refractivity contribution in [2.45, 2.75) is 46.6 Å². The Bertz CT molecular complexity index is 617. The van der Waals surface area contributed by atoms with Gasteiger partial charge in [-0.05, 0) is 25.8 Å². The molecule has 0 aliphatic heterocycles. The van der Waals surface area contributed by atoms with Crippen molar-refractivity contribution in [1.82, 2.24) is 15.1 Å². The second-order valence-electron chi connectivity index (χ2n) is 5.65. The average molecular weight is 299 g/mol. The third-order valence-electron chi connectivity index (χ3n) is 3.85. The molecular weight excluding hydrogens is 274 g/mol. The van der Waals surface area contributed by atoms with Crippen LogP contribution in [0, 0.1) is 13.8 Å². The van der Waals surface area contributed by atoms with Gasteiger partial charge in [0.15, 0.2) is 0 Å². The van der Waals surface area contributed by atoms with Crippen LogP contribution < -0.4 is 5.32 Å². The van der Waals surface area contributed by atoms with E-state index in [0.29, 0.717) is 12.1 Å². The number of carbonyl (C=O) groups excluding carboxylic acids is 1. The largest absolute Gasteiger partial charge is 0.352 e. The number of unbranched alkanes of at least 4 members (excludes halogenated alkanes) is 2. The first-order valence-electron chi connectivity index (χ1n) is 7.99. The highest BCUT2D eigenvalue weighted by Gasteiger charge is 2.18. The van der Waals surface area contributed by atoms with Crippen molar-refractivity contribution < 1.29 is 4.79 Å². The number of amides is 1. The fourth-order valence-electron chi connectivity index (χ4n) is 2.60. The Labute approximate surface area is 132 Å². The van der Waals surface area contributed by atoms with Crippen LogP contribution in [-0.2, 0) is 6.54 Å². The first kappa shape index (κ1) is 16.3. The molecule has 0 saturated heterocycles. The van der Waals surface area contributed by atoms with Gasteiger partial charge in [-0.2, -0.15) is 5.10 Å². The fourth-order valence-corrected chi connectivity index (χ4v) is 2.60. The average Bonchev–Trinajstić information content (AvgIpc) is 2.79. The molecule has 2 aromatic rings. The number of benzene rings is 1. The van der Waals surface area contributed by atoms with Crippen molar-refractivity contribution in [2.24, 2.45) is 0 Å². The van der Waals surface area contributed by atoms with E-state index < -0.39 is 0 Å². The number of aryl methyl sites for hydroxylation is 1. The van der Waals surface area contributed by atoms with E-state index in [-0.39, 0.29) is 5.91 Å². The molecule has 1 amide bonds. The monoisotopic (exact) mass is 299 g/mol. The maximum absolute atomic E-state index is 12.4. The van der Waals surface area contributed by atoms with Crippen LogP contribution in [0.4, 0.5) is 0 Å². The van der Waals surface area contributed by atoms with Gasteiger partial charge in [-0.3, -0.25) is 9.48 Å². The lowest BCUT2D eigenvalue weighted by atomic mass is 10.1. The van der Waals surface area contributed by atoms with Gasteiger partial charge in [0.25, 0.3) is 5.91 Å². The van der Waals surface area contributed by atoms with E-state index in [1.54, 1.807) is 0 Å². The zero-order valence-corrected chi connectivity index (χ0v) is 13.7. The highest BCUT2D eigenvalue weighted by Crippen LogP contribution is 2.14. The molecule has 0 aliphatic rings. The fraction of sp³-hybridized carbons (Fsp3) is 0.444. The Morgan fingerprint density at radius 3 is 2.59 bits per heavy atom. The molecule has 0 fully saturated rings. The number of rotatable bonds is 7. The molecule has 4 nitrogen and oxygen atoms in total. The van der Waals surface area contributed by atoms with Gasteiger partial charge in [0.2, 0.25) is 0 Å². The normalized spacial score (nSPS) is 10.7. The number of hydrogen-bond donors (Lipinski definition) is 1. The molecular formula is C18H25N3O. The molecule has 0 saturated carbocycles. The summed E-state index contributed by atoms with van der Waals surface area (Å²) >= 11 is 0. The summed E-state index contributed by atoms with van der Waals surface area (Å²) in [7, 11) is 0. The van der Waals surface area contributed by atoms with Crippen molar-refractivity contribution in [2.75, 3.05) is 6.54 Å². The summed E-state index contributed by atoms with van der Waals surface area (Å²) in [4.78, 5) is 12.4. The molecule has 1 heterocycles. The van der Waals surface area contributed by atoms with Crippen molar-refractivity contribution in [3.8, 4) is 0 Å². The quantitative estimate of drug-likeness (QED) is 0.796. The Morgan fingerprint density at radius 2 is 1.91 bits per heavy atom. The van der Waals surface area contributed by atoms with E-state index in [4.69, 9.17) is 0 Å². The summed E-state index contributed by atoms with van der Waals surface area (Å²) in [6.07, 6.45) is 3.33. The second-order valence-corrected chi connectivity index (χ2v) is 5.65. The molecule has 1 aromatic heterocycles. The molecule has 0 spiro atoms. The molecule has 118 valence electrons. The van der Waals surface area contributed by atoms with Crippen LogP contribution >= 0.6 is 0 Å². The van der Waals surface area contributed by atoms with Crippen LogP contribution in [0.2, 0.25) is 0 Å². The van der Waals surface area contributed by atoms with Crippen molar-refractivity contribution in [1.29, 1.82) is 0 Å². The minimum Gasteiger partial charge on any atom is -0.352 e. The lowest BCUT2D eigenvalue weighted by Crippen LogP contribution is -2.25. The third-order valence-corrected chi connectivity index (χ3v) is 3.85. The highest BCUT2D eigenvalue weighted by atomic mass is 16.1. The van der Waals surface area contributed by atoms with E-state index in [0.717, 1.165) is 37.2 Å². The predicted molar refractivity (Wildman–Crippen MR) is 89.1 cm³/mol. The zero-order chi connectivity index (χ0) is 15.9. The Morgan fingerprint density at radius 1 is 1.18 bits per heavy atom. The number of carbonyl (C=O) groups is 1. The lowest BCUT2D eigenvalue weighted by Gasteiger charge is -2.07.